The van der Waals surface area contributed by atoms with E-state index >= 15 is 0 Å². The summed E-state index contributed by atoms with van der Waals surface area (Å²) >= 11 is 0. The second-order valence-electron chi connectivity index (χ2n) is 17.7. The van der Waals surface area contributed by atoms with Gasteiger partial charge in [-0.05, 0) is 119 Å². The van der Waals surface area contributed by atoms with E-state index in [1.807, 2.05) is 33.8 Å². The summed E-state index contributed by atoms with van der Waals surface area (Å²) in [6, 6.07) is 5.58. The van der Waals surface area contributed by atoms with Crippen LogP contribution in [0.1, 0.15) is 126 Å². The van der Waals surface area contributed by atoms with Crippen molar-refractivity contribution in [3.63, 3.8) is 0 Å². The molecule has 1 saturated heterocycles. The van der Waals surface area contributed by atoms with Gasteiger partial charge in [0.05, 0.1) is 0 Å². The number of guanidine groups is 1. The minimum absolute atomic E-state index is 0.0619. The number of likely N-dealkylation sites (tertiary alicyclic amines) is 1. The molecule has 15 nitrogen and oxygen atoms in total. The van der Waals surface area contributed by atoms with Gasteiger partial charge in [-0.25, -0.2) is 14.4 Å². The van der Waals surface area contributed by atoms with Gasteiger partial charge in [-0.1, -0.05) is 45.0 Å². The summed E-state index contributed by atoms with van der Waals surface area (Å²) in [6.07, 6.45) is 1.51. The van der Waals surface area contributed by atoms with Crippen LogP contribution in [0.15, 0.2) is 47.0 Å². The van der Waals surface area contributed by atoms with E-state index in [4.69, 9.17) is 14.2 Å². The minimum Gasteiger partial charge on any atom is -0.458 e. The molecule has 57 heavy (non-hydrogen) atoms. The second kappa shape index (κ2) is 21.0. The number of amides is 5. The third-order valence-corrected chi connectivity index (χ3v) is 8.43. The van der Waals surface area contributed by atoms with Gasteiger partial charge in [-0.15, -0.1) is 0 Å². The molecule has 0 spiro atoms. The highest BCUT2D eigenvalue weighted by molar-refractivity contribution is 6.01. The quantitative estimate of drug-likeness (QED) is 0.0461. The minimum atomic E-state index is -1.03. The summed E-state index contributed by atoms with van der Waals surface area (Å²) in [5.41, 5.74) is -1.15. The number of unbranched alkanes of at least 4 members (excludes halogenated alkanes) is 1. The number of allylic oxidation sites excluding steroid dienone is 1. The summed E-state index contributed by atoms with van der Waals surface area (Å²) in [5.74, 6) is -2.45. The molecule has 1 aromatic rings. The van der Waals surface area contributed by atoms with Crippen molar-refractivity contribution in [2.45, 2.75) is 151 Å². The standard InChI is InChI=1S/C42H66N6O9/c1-14-28-25-48(32(27(28)4)34(50)45-31(24-26(2)3)36(52)55-40(5,6)7)35(51)30(44-33(49)29-20-16-15-17-21-29)22-18-19-23-43-37(46-38(53)56-41(8,9)10)47-39(54)57-42(11,12)13/h14-17,20-21,26-27,30-32H,18-19,22-25H2,1-13H3,(H,44,49)(H,45,50)(H2,43,46,47,53,54)/b28-14+/t27-,30-,31-,32-/m0/s1. The Bertz CT molecular complexity index is 1590. The zero-order valence-corrected chi connectivity index (χ0v) is 36.2. The lowest BCUT2D eigenvalue weighted by molar-refractivity contribution is -0.159. The van der Waals surface area contributed by atoms with E-state index in [1.54, 1.807) is 92.6 Å². The summed E-state index contributed by atoms with van der Waals surface area (Å²) in [5, 5.41) is 10.7. The predicted octanol–water partition coefficient (Wildman–Crippen LogP) is 6.03. The van der Waals surface area contributed by atoms with E-state index in [-0.39, 0.29) is 37.3 Å². The van der Waals surface area contributed by atoms with Crippen molar-refractivity contribution in [3.8, 4) is 0 Å². The van der Waals surface area contributed by atoms with Crippen molar-refractivity contribution >= 4 is 41.8 Å². The maximum absolute atomic E-state index is 14.5. The molecule has 1 fully saturated rings. The number of nitrogens with one attached hydrogen (secondary N) is 4. The Morgan fingerprint density at radius 1 is 0.807 bits per heavy atom. The monoisotopic (exact) mass is 798 g/mol. The summed E-state index contributed by atoms with van der Waals surface area (Å²) in [6.45, 7) is 23.3. The molecule has 1 aromatic carbocycles. The molecule has 0 bridgehead atoms. The number of rotatable bonds is 13. The number of hydrogen-bond donors (Lipinski definition) is 4. The first-order chi connectivity index (χ1) is 26.3. The fourth-order valence-electron chi connectivity index (χ4n) is 6.02. The average Bonchev–Trinajstić information content (AvgIpc) is 3.40. The molecule has 0 saturated carbocycles. The van der Waals surface area contributed by atoms with Crippen LogP contribution >= 0.6 is 0 Å². The molecule has 0 radical (unpaired) electrons. The molecular formula is C42H66N6O9. The summed E-state index contributed by atoms with van der Waals surface area (Å²) < 4.78 is 16.3. The molecule has 0 unspecified atom stereocenters. The molecule has 2 rings (SSSR count). The smallest absolute Gasteiger partial charge is 0.414 e. The van der Waals surface area contributed by atoms with Crippen molar-refractivity contribution in [1.29, 1.82) is 0 Å². The lowest BCUT2D eigenvalue weighted by atomic mass is 9.96. The molecule has 1 aliphatic rings. The number of nitrogens with zero attached hydrogens (tertiary/aromatic N) is 2. The number of aliphatic imine (C=N–C) groups is 1. The Balaban J connectivity index is 2.36. The number of alkyl carbamates (subject to hydrolysis) is 2. The highest BCUT2D eigenvalue weighted by Crippen LogP contribution is 2.31. The molecule has 4 atom stereocenters. The maximum Gasteiger partial charge on any atom is 0.414 e. The van der Waals surface area contributed by atoms with Crippen molar-refractivity contribution in [1.82, 2.24) is 26.2 Å². The molecule has 318 valence electrons. The summed E-state index contributed by atoms with van der Waals surface area (Å²) in [7, 11) is 0. The van der Waals surface area contributed by atoms with Crippen molar-refractivity contribution in [2.24, 2.45) is 16.8 Å². The van der Waals surface area contributed by atoms with Gasteiger partial charge >= 0.3 is 18.2 Å². The van der Waals surface area contributed by atoms with Crippen LogP contribution in [-0.2, 0) is 28.6 Å². The lowest BCUT2D eigenvalue weighted by Crippen LogP contribution is -2.57. The molecule has 0 aliphatic carbocycles. The number of benzene rings is 1. The van der Waals surface area contributed by atoms with Gasteiger partial charge < -0.3 is 29.7 Å². The van der Waals surface area contributed by atoms with Crippen LogP contribution in [0.25, 0.3) is 0 Å². The highest BCUT2D eigenvalue weighted by atomic mass is 16.6. The molecule has 4 N–H and O–H groups in total. The zero-order chi connectivity index (χ0) is 43.3. The average molecular weight is 799 g/mol. The number of ether oxygens (including phenoxy) is 3. The maximum atomic E-state index is 14.5. The van der Waals surface area contributed by atoms with Crippen LogP contribution in [0, 0.1) is 11.8 Å². The number of esters is 1. The first-order valence-electron chi connectivity index (χ1n) is 19.7. The van der Waals surface area contributed by atoms with E-state index < -0.39 is 70.8 Å². The third kappa shape index (κ3) is 17.4. The van der Waals surface area contributed by atoms with Gasteiger partial charge in [0.1, 0.15) is 34.9 Å². The van der Waals surface area contributed by atoms with E-state index in [2.05, 4.69) is 26.3 Å². The first-order valence-corrected chi connectivity index (χ1v) is 19.7. The Kier molecular flexibility index (Phi) is 17.8. The molecule has 5 amide bonds. The van der Waals surface area contributed by atoms with Gasteiger partial charge in [0.25, 0.3) is 5.91 Å². The van der Waals surface area contributed by atoms with Gasteiger partial charge in [-0.2, -0.15) is 0 Å². The van der Waals surface area contributed by atoms with Crippen molar-refractivity contribution in [3.05, 3.63) is 47.5 Å². The predicted molar refractivity (Wildman–Crippen MR) is 218 cm³/mol. The van der Waals surface area contributed by atoms with E-state index in [1.165, 1.54) is 4.90 Å². The lowest BCUT2D eigenvalue weighted by Gasteiger charge is -2.31. The number of carbonyl (C=O) groups is 6. The largest absolute Gasteiger partial charge is 0.458 e. The van der Waals surface area contributed by atoms with Crippen LogP contribution in [0.3, 0.4) is 0 Å². The van der Waals surface area contributed by atoms with Crippen LogP contribution in [0.5, 0.6) is 0 Å². The van der Waals surface area contributed by atoms with Crippen LogP contribution in [0.4, 0.5) is 9.59 Å². The fourth-order valence-corrected chi connectivity index (χ4v) is 6.02. The Hall–Kier alpha value is -4.95. The van der Waals surface area contributed by atoms with Crippen LogP contribution < -0.4 is 21.3 Å². The molecule has 15 heteroatoms. The molecular weight excluding hydrogens is 732 g/mol. The Labute approximate surface area is 338 Å². The highest BCUT2D eigenvalue weighted by Gasteiger charge is 2.45. The second-order valence-corrected chi connectivity index (χ2v) is 17.7. The fraction of sp³-hybridized carbons (Fsp3) is 0.643. The van der Waals surface area contributed by atoms with Gasteiger partial charge in [0.2, 0.25) is 17.8 Å². The normalized spacial score (nSPS) is 17.6. The Morgan fingerprint density at radius 3 is 1.84 bits per heavy atom. The zero-order valence-electron chi connectivity index (χ0n) is 36.2. The van der Waals surface area contributed by atoms with Crippen molar-refractivity contribution in [2.75, 3.05) is 13.1 Å². The molecule has 0 aromatic heterocycles. The van der Waals surface area contributed by atoms with E-state index in [0.717, 1.165) is 5.57 Å². The van der Waals surface area contributed by atoms with Gasteiger partial charge in [0.15, 0.2) is 0 Å². The third-order valence-electron chi connectivity index (χ3n) is 8.43. The Morgan fingerprint density at radius 2 is 1.35 bits per heavy atom. The number of carbonyl (C=O) groups excluding carboxylic acids is 6. The number of hydrogen-bond acceptors (Lipinski definition) is 10. The van der Waals surface area contributed by atoms with Crippen molar-refractivity contribution < 1.29 is 43.0 Å². The van der Waals surface area contributed by atoms with Crippen LogP contribution in [-0.4, -0.2) is 94.8 Å². The van der Waals surface area contributed by atoms with E-state index in [9.17, 15) is 28.8 Å². The molecule has 1 heterocycles. The molecule has 1 aliphatic heterocycles. The SMILES string of the molecule is C/C=C1\CN(C(=O)[C@H](CCCCN=C(NC(=O)OC(C)(C)C)NC(=O)OC(C)(C)C)NC(=O)c2ccccc2)[C@H](C(=O)N[C@@H](CC(C)C)C(=O)OC(C)(C)C)[C@H]1C. The topological polar surface area (TPSA) is 194 Å². The summed E-state index contributed by atoms with van der Waals surface area (Å²) in [4.78, 5) is 86.2. The van der Waals surface area contributed by atoms with Gasteiger partial charge in [0, 0.05) is 24.6 Å². The first kappa shape index (κ1) is 48.2. The van der Waals surface area contributed by atoms with Gasteiger partial charge in [-0.3, -0.25) is 30.0 Å². The van der Waals surface area contributed by atoms with Crippen LogP contribution in [0.2, 0.25) is 0 Å². The van der Waals surface area contributed by atoms with E-state index in [0.29, 0.717) is 24.8 Å².